The maximum absolute atomic E-state index is 9.26. The molecule has 0 aromatic carbocycles. The Bertz CT molecular complexity index is 389. The fraction of sp³-hybridized carbons (Fsp3) is 0.545. The predicted molar refractivity (Wildman–Crippen MR) is 65.8 cm³/mol. The SMILES string of the molecule is Nc1ccc(Cl)c(CN2CCOCC2CO)n1. The summed E-state index contributed by atoms with van der Waals surface area (Å²) >= 11 is 6.07. The number of ether oxygens (including phenoxy) is 1. The molecule has 0 saturated carbocycles. The van der Waals surface area contributed by atoms with Gasteiger partial charge < -0.3 is 15.6 Å². The van der Waals surface area contributed by atoms with Crippen LogP contribution in [0.15, 0.2) is 12.1 Å². The second-order valence-electron chi connectivity index (χ2n) is 4.05. The maximum atomic E-state index is 9.26. The van der Waals surface area contributed by atoms with E-state index in [0.717, 1.165) is 12.2 Å². The van der Waals surface area contributed by atoms with Gasteiger partial charge in [0, 0.05) is 13.1 Å². The molecule has 0 amide bonds. The average Bonchev–Trinajstić information content (AvgIpc) is 2.34. The number of halogens is 1. The Morgan fingerprint density at radius 2 is 2.41 bits per heavy atom. The first-order chi connectivity index (χ1) is 8.20. The van der Waals surface area contributed by atoms with Crippen molar-refractivity contribution in [3.63, 3.8) is 0 Å². The van der Waals surface area contributed by atoms with Crippen molar-refractivity contribution < 1.29 is 9.84 Å². The molecule has 0 aliphatic carbocycles. The predicted octanol–water partition coefficient (Wildman–Crippen LogP) is 0.510. The summed E-state index contributed by atoms with van der Waals surface area (Å²) in [6, 6.07) is 3.42. The Hall–Kier alpha value is -0.880. The number of nitrogen functional groups attached to an aromatic ring is 1. The zero-order chi connectivity index (χ0) is 12.3. The average molecular weight is 258 g/mol. The second kappa shape index (κ2) is 5.64. The van der Waals surface area contributed by atoms with E-state index in [-0.39, 0.29) is 12.6 Å². The van der Waals surface area contributed by atoms with Gasteiger partial charge in [0.05, 0.1) is 36.6 Å². The number of aromatic nitrogens is 1. The minimum Gasteiger partial charge on any atom is -0.395 e. The van der Waals surface area contributed by atoms with Gasteiger partial charge in [-0.2, -0.15) is 0 Å². The third-order valence-corrected chi connectivity index (χ3v) is 3.20. The number of hydrogen-bond donors (Lipinski definition) is 2. The van der Waals surface area contributed by atoms with Crippen LogP contribution in [0.5, 0.6) is 0 Å². The van der Waals surface area contributed by atoms with Crippen molar-refractivity contribution in [1.29, 1.82) is 0 Å². The summed E-state index contributed by atoms with van der Waals surface area (Å²) in [5.74, 6) is 0.457. The van der Waals surface area contributed by atoms with Gasteiger partial charge in [-0.25, -0.2) is 4.98 Å². The van der Waals surface area contributed by atoms with Gasteiger partial charge in [0.2, 0.25) is 0 Å². The lowest BCUT2D eigenvalue weighted by molar-refractivity contribution is -0.0317. The first kappa shape index (κ1) is 12.6. The lowest BCUT2D eigenvalue weighted by atomic mass is 10.2. The molecule has 1 unspecified atom stereocenters. The highest BCUT2D eigenvalue weighted by molar-refractivity contribution is 6.31. The Balaban J connectivity index is 2.10. The first-order valence-electron chi connectivity index (χ1n) is 5.54. The van der Waals surface area contributed by atoms with Crippen molar-refractivity contribution in [1.82, 2.24) is 9.88 Å². The molecule has 5 nitrogen and oxygen atoms in total. The highest BCUT2D eigenvalue weighted by Gasteiger charge is 2.23. The van der Waals surface area contributed by atoms with E-state index >= 15 is 0 Å². The molecule has 1 atom stereocenters. The lowest BCUT2D eigenvalue weighted by Gasteiger charge is -2.34. The third kappa shape index (κ3) is 3.07. The summed E-state index contributed by atoms with van der Waals surface area (Å²) in [7, 11) is 0. The van der Waals surface area contributed by atoms with E-state index < -0.39 is 0 Å². The second-order valence-corrected chi connectivity index (χ2v) is 4.45. The van der Waals surface area contributed by atoms with Crippen LogP contribution in [0.4, 0.5) is 5.82 Å². The van der Waals surface area contributed by atoms with Gasteiger partial charge in [-0.1, -0.05) is 11.6 Å². The lowest BCUT2D eigenvalue weighted by Crippen LogP contribution is -2.47. The van der Waals surface area contributed by atoms with Crippen LogP contribution in [0.2, 0.25) is 5.02 Å². The highest BCUT2D eigenvalue weighted by atomic mass is 35.5. The molecule has 0 radical (unpaired) electrons. The van der Waals surface area contributed by atoms with Gasteiger partial charge >= 0.3 is 0 Å². The van der Waals surface area contributed by atoms with Crippen molar-refractivity contribution >= 4 is 17.4 Å². The smallest absolute Gasteiger partial charge is 0.123 e. The number of aliphatic hydroxyl groups is 1. The zero-order valence-corrected chi connectivity index (χ0v) is 10.2. The molecule has 1 aliphatic heterocycles. The van der Waals surface area contributed by atoms with E-state index in [1.54, 1.807) is 12.1 Å². The summed E-state index contributed by atoms with van der Waals surface area (Å²) in [4.78, 5) is 6.33. The van der Waals surface area contributed by atoms with Crippen molar-refractivity contribution in [2.75, 3.05) is 32.1 Å². The summed E-state index contributed by atoms with van der Waals surface area (Å²) < 4.78 is 5.32. The number of nitrogens with zero attached hydrogens (tertiary/aromatic N) is 2. The third-order valence-electron chi connectivity index (χ3n) is 2.85. The van der Waals surface area contributed by atoms with Gasteiger partial charge in [-0.15, -0.1) is 0 Å². The van der Waals surface area contributed by atoms with Crippen LogP contribution in [-0.4, -0.2) is 47.4 Å². The minimum absolute atomic E-state index is 0.00282. The van der Waals surface area contributed by atoms with Crippen molar-refractivity contribution in [2.45, 2.75) is 12.6 Å². The first-order valence-corrected chi connectivity index (χ1v) is 5.92. The summed E-state index contributed by atoms with van der Waals surface area (Å²) in [5, 5.41) is 9.86. The van der Waals surface area contributed by atoms with E-state index in [9.17, 15) is 5.11 Å². The number of rotatable bonds is 3. The van der Waals surface area contributed by atoms with Gasteiger partial charge in [0.25, 0.3) is 0 Å². The maximum Gasteiger partial charge on any atom is 0.123 e. The minimum atomic E-state index is 0.00282. The number of hydrogen-bond acceptors (Lipinski definition) is 5. The van der Waals surface area contributed by atoms with E-state index in [1.165, 1.54) is 0 Å². The Labute approximate surface area is 105 Å². The number of nitrogens with two attached hydrogens (primary N) is 1. The molecule has 1 aliphatic rings. The van der Waals surface area contributed by atoms with Gasteiger partial charge in [-0.3, -0.25) is 4.90 Å². The van der Waals surface area contributed by atoms with Crippen LogP contribution < -0.4 is 5.73 Å². The van der Waals surface area contributed by atoms with Crippen LogP contribution in [-0.2, 0) is 11.3 Å². The Morgan fingerprint density at radius 3 is 3.18 bits per heavy atom. The molecule has 94 valence electrons. The quantitative estimate of drug-likeness (QED) is 0.826. The zero-order valence-electron chi connectivity index (χ0n) is 9.47. The topological polar surface area (TPSA) is 71.6 Å². The molecule has 17 heavy (non-hydrogen) atoms. The fourth-order valence-electron chi connectivity index (χ4n) is 1.87. The molecular formula is C11H16ClN3O2. The van der Waals surface area contributed by atoms with Crippen LogP contribution in [0.3, 0.4) is 0 Å². The van der Waals surface area contributed by atoms with Crippen LogP contribution in [0, 0.1) is 0 Å². The monoisotopic (exact) mass is 257 g/mol. The molecular weight excluding hydrogens is 242 g/mol. The molecule has 1 saturated heterocycles. The fourth-order valence-corrected chi connectivity index (χ4v) is 2.03. The van der Waals surface area contributed by atoms with Crippen LogP contribution in [0.1, 0.15) is 5.69 Å². The highest BCUT2D eigenvalue weighted by Crippen LogP contribution is 2.19. The molecule has 3 N–H and O–H groups in total. The van der Waals surface area contributed by atoms with Crippen LogP contribution in [0.25, 0.3) is 0 Å². The summed E-state index contributed by atoms with van der Waals surface area (Å²) in [6.07, 6.45) is 0. The standard InChI is InChI=1S/C11H16ClN3O2/c12-9-1-2-11(13)14-10(9)5-15-3-4-17-7-8(15)6-16/h1-2,8,16H,3-7H2,(H2,13,14). The molecule has 1 fully saturated rings. The van der Waals surface area contributed by atoms with Crippen LogP contribution >= 0.6 is 11.6 Å². The Morgan fingerprint density at radius 1 is 1.59 bits per heavy atom. The van der Waals surface area contributed by atoms with Gasteiger partial charge in [0.15, 0.2) is 0 Å². The molecule has 1 aromatic rings. The number of aliphatic hydroxyl groups excluding tert-OH is 1. The van der Waals surface area contributed by atoms with E-state index in [2.05, 4.69) is 9.88 Å². The number of morpholine rings is 1. The van der Waals surface area contributed by atoms with E-state index in [4.69, 9.17) is 22.1 Å². The van der Waals surface area contributed by atoms with Crippen molar-refractivity contribution in [3.8, 4) is 0 Å². The Kier molecular flexibility index (Phi) is 4.17. The molecule has 0 bridgehead atoms. The molecule has 1 aromatic heterocycles. The number of anilines is 1. The molecule has 2 heterocycles. The summed E-state index contributed by atoms with van der Waals surface area (Å²) in [6.45, 7) is 2.61. The van der Waals surface area contributed by atoms with Crippen molar-refractivity contribution in [2.24, 2.45) is 0 Å². The number of pyridine rings is 1. The normalized spacial score (nSPS) is 21.6. The van der Waals surface area contributed by atoms with Crippen molar-refractivity contribution in [3.05, 3.63) is 22.8 Å². The molecule has 6 heteroatoms. The van der Waals surface area contributed by atoms with Gasteiger partial charge in [-0.05, 0) is 12.1 Å². The van der Waals surface area contributed by atoms with E-state index in [0.29, 0.717) is 30.6 Å². The van der Waals surface area contributed by atoms with E-state index in [1.807, 2.05) is 0 Å². The van der Waals surface area contributed by atoms with Gasteiger partial charge in [0.1, 0.15) is 5.82 Å². The molecule has 0 spiro atoms. The summed E-state index contributed by atoms with van der Waals surface area (Å²) in [5.41, 5.74) is 6.38. The molecule has 2 rings (SSSR count). The largest absolute Gasteiger partial charge is 0.395 e.